The van der Waals surface area contributed by atoms with Crippen LogP contribution >= 0.6 is 11.3 Å². The standard InChI is InChI=1S/C19H24N4O2S/c24-19-6-5-15(13-3-4-13)21-23(19)10-14-2-1-8-22(14)11-18-20-16-7-9-25-12-17(16)26-18/h5-6,13-14H,1-4,7-12H2. The molecule has 0 spiro atoms. The zero-order chi connectivity index (χ0) is 17.5. The van der Waals surface area contributed by atoms with Crippen molar-refractivity contribution in [3.05, 3.63) is 43.8 Å². The zero-order valence-corrected chi connectivity index (χ0v) is 15.7. The number of likely N-dealkylation sites (tertiary alicyclic amines) is 1. The highest BCUT2D eigenvalue weighted by atomic mass is 32.1. The molecule has 7 heteroatoms. The van der Waals surface area contributed by atoms with Crippen LogP contribution < -0.4 is 5.56 Å². The second-order valence-corrected chi connectivity index (χ2v) is 8.77. The number of hydrogen-bond donors (Lipinski definition) is 0. The lowest BCUT2D eigenvalue weighted by Crippen LogP contribution is -2.36. The fraction of sp³-hybridized carbons (Fsp3) is 0.632. The van der Waals surface area contributed by atoms with E-state index in [1.165, 1.54) is 34.8 Å². The molecule has 2 aliphatic heterocycles. The number of nitrogens with zero attached hydrogens (tertiary/aromatic N) is 4. The van der Waals surface area contributed by atoms with Gasteiger partial charge in [0.05, 0.1) is 42.6 Å². The lowest BCUT2D eigenvalue weighted by Gasteiger charge is -2.23. The van der Waals surface area contributed by atoms with E-state index in [2.05, 4.69) is 10.00 Å². The molecule has 26 heavy (non-hydrogen) atoms. The van der Waals surface area contributed by atoms with Gasteiger partial charge in [0, 0.05) is 24.4 Å². The highest BCUT2D eigenvalue weighted by molar-refractivity contribution is 7.11. The third-order valence-electron chi connectivity index (χ3n) is 5.64. The number of aromatic nitrogens is 3. The highest BCUT2D eigenvalue weighted by Crippen LogP contribution is 2.38. The van der Waals surface area contributed by atoms with E-state index in [-0.39, 0.29) is 5.56 Å². The average Bonchev–Trinajstić information content (AvgIpc) is 3.28. The van der Waals surface area contributed by atoms with E-state index in [1.807, 2.05) is 6.07 Å². The summed E-state index contributed by atoms with van der Waals surface area (Å²) in [4.78, 5) is 20.9. The van der Waals surface area contributed by atoms with E-state index < -0.39 is 0 Å². The molecule has 1 aliphatic carbocycles. The minimum Gasteiger partial charge on any atom is -0.375 e. The predicted octanol–water partition coefficient (Wildman–Crippen LogP) is 2.31. The van der Waals surface area contributed by atoms with Gasteiger partial charge in [0.25, 0.3) is 5.56 Å². The van der Waals surface area contributed by atoms with E-state index in [9.17, 15) is 4.79 Å². The lowest BCUT2D eigenvalue weighted by molar-refractivity contribution is 0.112. The lowest BCUT2D eigenvalue weighted by atomic mass is 10.2. The Morgan fingerprint density at radius 2 is 2.19 bits per heavy atom. The van der Waals surface area contributed by atoms with Crippen molar-refractivity contribution in [2.24, 2.45) is 0 Å². The van der Waals surface area contributed by atoms with Gasteiger partial charge >= 0.3 is 0 Å². The molecule has 2 fully saturated rings. The van der Waals surface area contributed by atoms with E-state index in [0.717, 1.165) is 38.2 Å². The first-order valence-corrected chi connectivity index (χ1v) is 10.5. The molecule has 1 atom stereocenters. The fourth-order valence-electron chi connectivity index (χ4n) is 4.02. The maximum atomic E-state index is 12.3. The summed E-state index contributed by atoms with van der Waals surface area (Å²) in [5, 5.41) is 5.82. The van der Waals surface area contributed by atoms with E-state index >= 15 is 0 Å². The SMILES string of the molecule is O=c1ccc(C2CC2)nn1CC1CCCN1Cc1nc2c(s1)COCC2. The van der Waals surface area contributed by atoms with E-state index in [4.69, 9.17) is 9.72 Å². The topological polar surface area (TPSA) is 60.2 Å². The van der Waals surface area contributed by atoms with E-state index in [0.29, 0.717) is 25.1 Å². The van der Waals surface area contributed by atoms with Crippen molar-refractivity contribution in [1.29, 1.82) is 0 Å². The first kappa shape index (κ1) is 16.6. The Labute approximate surface area is 156 Å². The van der Waals surface area contributed by atoms with Crippen LogP contribution in [0.2, 0.25) is 0 Å². The summed E-state index contributed by atoms with van der Waals surface area (Å²) in [5.74, 6) is 0.574. The Morgan fingerprint density at radius 3 is 3.04 bits per heavy atom. The van der Waals surface area contributed by atoms with Gasteiger partial charge in [0.2, 0.25) is 0 Å². The van der Waals surface area contributed by atoms with Crippen molar-refractivity contribution in [2.75, 3.05) is 13.2 Å². The molecule has 1 saturated carbocycles. The van der Waals surface area contributed by atoms with Crippen LogP contribution in [0.5, 0.6) is 0 Å². The molecular formula is C19H24N4O2S. The molecule has 3 aliphatic rings. The quantitative estimate of drug-likeness (QED) is 0.806. The number of thiazole rings is 1. The molecule has 1 saturated heterocycles. The van der Waals surface area contributed by atoms with Crippen molar-refractivity contribution in [3.8, 4) is 0 Å². The Balaban J connectivity index is 1.30. The normalized spacial score (nSPS) is 23.3. The highest BCUT2D eigenvalue weighted by Gasteiger charge is 2.29. The van der Waals surface area contributed by atoms with Gasteiger partial charge in [-0.05, 0) is 38.3 Å². The monoisotopic (exact) mass is 372 g/mol. The molecule has 4 heterocycles. The molecule has 2 aromatic rings. The third kappa shape index (κ3) is 3.35. The summed E-state index contributed by atoms with van der Waals surface area (Å²) < 4.78 is 7.23. The molecule has 0 radical (unpaired) electrons. The molecule has 5 rings (SSSR count). The van der Waals surface area contributed by atoms with Crippen LogP contribution in [0.4, 0.5) is 0 Å². The van der Waals surface area contributed by atoms with Crippen LogP contribution in [0.15, 0.2) is 16.9 Å². The fourth-order valence-corrected chi connectivity index (χ4v) is 5.10. The summed E-state index contributed by atoms with van der Waals surface area (Å²) in [7, 11) is 0. The van der Waals surface area contributed by atoms with Gasteiger partial charge in [0.1, 0.15) is 5.01 Å². The number of ether oxygens (including phenoxy) is 1. The van der Waals surface area contributed by atoms with Crippen LogP contribution in [-0.2, 0) is 30.9 Å². The molecular weight excluding hydrogens is 348 g/mol. The van der Waals surface area contributed by atoms with Gasteiger partial charge in [-0.3, -0.25) is 9.69 Å². The van der Waals surface area contributed by atoms with Crippen molar-refractivity contribution < 1.29 is 4.74 Å². The van der Waals surface area contributed by atoms with Gasteiger partial charge in [-0.25, -0.2) is 9.67 Å². The minimum atomic E-state index is 0.0168. The molecule has 0 bridgehead atoms. The largest absolute Gasteiger partial charge is 0.375 e. The van der Waals surface area contributed by atoms with E-state index in [1.54, 1.807) is 22.1 Å². The van der Waals surface area contributed by atoms with Gasteiger partial charge in [0.15, 0.2) is 0 Å². The van der Waals surface area contributed by atoms with Crippen LogP contribution in [0, 0.1) is 0 Å². The van der Waals surface area contributed by atoms with Crippen molar-refractivity contribution in [2.45, 2.75) is 63.8 Å². The number of hydrogen-bond acceptors (Lipinski definition) is 6. The predicted molar refractivity (Wildman–Crippen MR) is 99.4 cm³/mol. The molecule has 1 unspecified atom stereocenters. The maximum Gasteiger partial charge on any atom is 0.266 e. The van der Waals surface area contributed by atoms with Crippen molar-refractivity contribution in [3.63, 3.8) is 0 Å². The Hall–Kier alpha value is -1.57. The Kier molecular flexibility index (Phi) is 4.38. The van der Waals surface area contributed by atoms with Crippen LogP contribution in [0.25, 0.3) is 0 Å². The van der Waals surface area contributed by atoms with Crippen LogP contribution in [0.3, 0.4) is 0 Å². The maximum absolute atomic E-state index is 12.3. The third-order valence-corrected chi connectivity index (χ3v) is 6.70. The molecule has 0 amide bonds. The first-order valence-electron chi connectivity index (χ1n) is 9.63. The first-order chi connectivity index (χ1) is 12.8. The summed E-state index contributed by atoms with van der Waals surface area (Å²) in [5.41, 5.74) is 2.33. The van der Waals surface area contributed by atoms with Crippen molar-refractivity contribution in [1.82, 2.24) is 19.7 Å². The van der Waals surface area contributed by atoms with Crippen molar-refractivity contribution >= 4 is 11.3 Å². The Bertz CT molecular complexity index is 834. The molecule has 2 aromatic heterocycles. The summed E-state index contributed by atoms with van der Waals surface area (Å²) in [6.45, 7) is 4.13. The van der Waals surface area contributed by atoms with Gasteiger partial charge in [-0.15, -0.1) is 11.3 Å². The minimum absolute atomic E-state index is 0.0168. The molecule has 0 N–H and O–H groups in total. The Morgan fingerprint density at radius 1 is 1.27 bits per heavy atom. The van der Waals surface area contributed by atoms with Gasteiger partial charge in [-0.2, -0.15) is 5.10 Å². The smallest absolute Gasteiger partial charge is 0.266 e. The number of fused-ring (bicyclic) bond motifs is 1. The summed E-state index contributed by atoms with van der Waals surface area (Å²) >= 11 is 1.79. The number of rotatable bonds is 5. The van der Waals surface area contributed by atoms with Gasteiger partial charge in [-0.1, -0.05) is 0 Å². The summed E-state index contributed by atoms with van der Waals surface area (Å²) in [6.07, 6.45) is 5.65. The molecule has 138 valence electrons. The average molecular weight is 372 g/mol. The van der Waals surface area contributed by atoms with Crippen LogP contribution in [-0.4, -0.2) is 38.9 Å². The zero-order valence-electron chi connectivity index (χ0n) is 14.9. The van der Waals surface area contributed by atoms with Crippen LogP contribution in [0.1, 0.15) is 52.9 Å². The second kappa shape index (κ2) is 6.87. The molecule has 0 aromatic carbocycles. The second-order valence-electron chi connectivity index (χ2n) is 7.60. The summed E-state index contributed by atoms with van der Waals surface area (Å²) in [6, 6.07) is 3.96. The van der Waals surface area contributed by atoms with Gasteiger partial charge < -0.3 is 4.74 Å². The molecule has 6 nitrogen and oxygen atoms in total.